The van der Waals surface area contributed by atoms with Crippen molar-refractivity contribution in [3.63, 3.8) is 0 Å². The first-order valence-electron chi connectivity index (χ1n) is 6.79. The van der Waals surface area contributed by atoms with Gasteiger partial charge in [0.15, 0.2) is 0 Å². The van der Waals surface area contributed by atoms with Gasteiger partial charge in [0.25, 0.3) is 0 Å². The van der Waals surface area contributed by atoms with Gasteiger partial charge in [-0.05, 0) is 24.6 Å². The van der Waals surface area contributed by atoms with Crippen molar-refractivity contribution in [2.24, 2.45) is 0 Å². The van der Waals surface area contributed by atoms with Crippen LogP contribution in [-0.4, -0.2) is 19.9 Å². The summed E-state index contributed by atoms with van der Waals surface area (Å²) in [5.74, 6) is 0. The van der Waals surface area contributed by atoms with Gasteiger partial charge >= 0.3 is 0 Å². The van der Waals surface area contributed by atoms with Crippen molar-refractivity contribution in [2.75, 3.05) is 6.54 Å². The van der Waals surface area contributed by atoms with Crippen LogP contribution in [-0.2, 0) is 23.1 Å². The molecule has 0 aliphatic heterocycles. The summed E-state index contributed by atoms with van der Waals surface area (Å²) in [6.07, 6.45) is 2.68. The summed E-state index contributed by atoms with van der Waals surface area (Å²) in [7, 11) is -3.52. The minimum atomic E-state index is -3.52. The average Bonchev–Trinajstić information content (AvgIpc) is 2.99. The molecule has 0 spiro atoms. The van der Waals surface area contributed by atoms with E-state index < -0.39 is 10.0 Å². The maximum atomic E-state index is 12.4. The number of benzene rings is 1. The first-order chi connectivity index (χ1) is 10.1. The van der Waals surface area contributed by atoms with Gasteiger partial charge < -0.3 is 5.32 Å². The zero-order valence-corrected chi connectivity index (χ0v) is 13.5. The normalized spacial score (nSPS) is 11.7. The largest absolute Gasteiger partial charge is 0.313 e. The maximum Gasteiger partial charge on any atom is 0.241 e. The Morgan fingerprint density at radius 1 is 1.24 bits per heavy atom. The van der Waals surface area contributed by atoms with Gasteiger partial charge in [0.05, 0.1) is 10.4 Å². The number of sulfonamides is 1. The molecule has 1 heterocycles. The van der Waals surface area contributed by atoms with E-state index in [1.165, 1.54) is 11.3 Å². The Bertz CT molecular complexity index is 655. The third-order valence-corrected chi connectivity index (χ3v) is 5.21. The molecule has 2 N–H and O–H groups in total. The highest BCUT2D eigenvalue weighted by Gasteiger charge is 2.17. The number of nitrogens with one attached hydrogen (secondary N) is 2. The van der Waals surface area contributed by atoms with E-state index in [0.29, 0.717) is 11.4 Å². The Morgan fingerprint density at radius 3 is 2.76 bits per heavy atom. The van der Waals surface area contributed by atoms with Gasteiger partial charge in [-0.15, -0.1) is 11.3 Å². The predicted octanol–water partition coefficient (Wildman–Crippen LogP) is 2.12. The van der Waals surface area contributed by atoms with Gasteiger partial charge in [-0.2, -0.15) is 0 Å². The number of thiazole rings is 1. The van der Waals surface area contributed by atoms with E-state index in [4.69, 9.17) is 0 Å². The predicted molar refractivity (Wildman–Crippen MR) is 84.6 cm³/mol. The zero-order chi connectivity index (χ0) is 15.1. The van der Waals surface area contributed by atoms with E-state index in [9.17, 15) is 8.42 Å². The topological polar surface area (TPSA) is 71.1 Å². The molecule has 0 aliphatic rings. The first-order valence-corrected chi connectivity index (χ1v) is 9.15. The molecule has 0 bridgehead atoms. The monoisotopic (exact) mass is 325 g/mol. The number of rotatable bonds is 8. The summed E-state index contributed by atoms with van der Waals surface area (Å²) in [4.78, 5) is 5.16. The van der Waals surface area contributed by atoms with E-state index in [0.717, 1.165) is 23.4 Å². The van der Waals surface area contributed by atoms with E-state index in [2.05, 4.69) is 21.9 Å². The summed E-state index contributed by atoms with van der Waals surface area (Å²) in [5, 5.41) is 3.23. The highest BCUT2D eigenvalue weighted by atomic mass is 32.2. The van der Waals surface area contributed by atoms with Crippen LogP contribution < -0.4 is 10.0 Å². The van der Waals surface area contributed by atoms with E-state index in [1.54, 1.807) is 23.8 Å². The smallest absolute Gasteiger partial charge is 0.241 e. The fourth-order valence-corrected chi connectivity index (χ4v) is 3.76. The van der Waals surface area contributed by atoms with Crippen molar-refractivity contribution < 1.29 is 8.42 Å². The zero-order valence-electron chi connectivity index (χ0n) is 11.9. The Kier molecular flexibility index (Phi) is 5.86. The molecule has 0 aliphatic carbocycles. The molecule has 5 nitrogen and oxygen atoms in total. The maximum absolute atomic E-state index is 12.4. The molecule has 2 rings (SSSR count). The fraction of sp³-hybridized carbons (Fsp3) is 0.357. The molecule has 0 radical (unpaired) electrons. The SMILES string of the molecule is CCCNCc1ccccc1S(=O)(=O)NCc1cncs1. The Balaban J connectivity index is 2.11. The van der Waals surface area contributed by atoms with Gasteiger partial charge in [0.1, 0.15) is 0 Å². The molecule has 0 amide bonds. The fourth-order valence-electron chi connectivity index (χ4n) is 1.89. The van der Waals surface area contributed by atoms with Crippen LogP contribution in [0.4, 0.5) is 0 Å². The van der Waals surface area contributed by atoms with Crippen LogP contribution in [0.3, 0.4) is 0 Å². The third-order valence-electron chi connectivity index (χ3n) is 2.92. The summed E-state index contributed by atoms with van der Waals surface area (Å²) in [5.41, 5.74) is 2.47. The molecule has 0 atom stereocenters. The second kappa shape index (κ2) is 7.65. The Hall–Kier alpha value is -1.28. The minimum Gasteiger partial charge on any atom is -0.313 e. The molecule has 7 heteroatoms. The lowest BCUT2D eigenvalue weighted by atomic mass is 10.2. The van der Waals surface area contributed by atoms with Crippen molar-refractivity contribution >= 4 is 21.4 Å². The second-order valence-electron chi connectivity index (χ2n) is 4.58. The quantitative estimate of drug-likeness (QED) is 0.729. The van der Waals surface area contributed by atoms with Crippen molar-refractivity contribution in [3.05, 3.63) is 46.4 Å². The molecule has 2 aromatic rings. The van der Waals surface area contributed by atoms with E-state index >= 15 is 0 Å². The first kappa shape index (κ1) is 16.1. The summed E-state index contributed by atoms with van der Waals surface area (Å²) in [6, 6.07) is 7.07. The lowest BCUT2D eigenvalue weighted by Crippen LogP contribution is -2.25. The highest BCUT2D eigenvalue weighted by Crippen LogP contribution is 2.16. The number of nitrogens with zero attached hydrogens (tertiary/aromatic N) is 1. The Labute approximate surface area is 129 Å². The Morgan fingerprint density at radius 2 is 2.05 bits per heavy atom. The lowest BCUT2D eigenvalue weighted by molar-refractivity contribution is 0.578. The summed E-state index contributed by atoms with van der Waals surface area (Å²) < 4.78 is 27.5. The van der Waals surface area contributed by atoms with E-state index in [1.807, 2.05) is 12.1 Å². The molecule has 0 saturated heterocycles. The van der Waals surface area contributed by atoms with Crippen LogP contribution in [0, 0.1) is 0 Å². The molecule has 0 saturated carbocycles. The van der Waals surface area contributed by atoms with Crippen molar-refractivity contribution in [3.8, 4) is 0 Å². The number of aromatic nitrogens is 1. The molecule has 1 aromatic heterocycles. The van der Waals surface area contributed by atoms with Gasteiger partial charge in [0, 0.05) is 24.2 Å². The summed E-state index contributed by atoms with van der Waals surface area (Å²) in [6.45, 7) is 3.75. The molecule has 0 fully saturated rings. The van der Waals surface area contributed by atoms with Crippen molar-refractivity contribution in [1.29, 1.82) is 0 Å². The average molecular weight is 325 g/mol. The van der Waals surface area contributed by atoms with Gasteiger partial charge in [-0.25, -0.2) is 13.1 Å². The van der Waals surface area contributed by atoms with Crippen LogP contribution in [0.15, 0.2) is 40.9 Å². The van der Waals surface area contributed by atoms with Gasteiger partial charge in [-0.3, -0.25) is 4.98 Å². The van der Waals surface area contributed by atoms with Crippen LogP contribution in [0.1, 0.15) is 23.8 Å². The van der Waals surface area contributed by atoms with Crippen LogP contribution >= 0.6 is 11.3 Å². The second-order valence-corrected chi connectivity index (χ2v) is 7.28. The highest BCUT2D eigenvalue weighted by molar-refractivity contribution is 7.89. The van der Waals surface area contributed by atoms with Crippen LogP contribution in [0.25, 0.3) is 0 Å². The van der Waals surface area contributed by atoms with Crippen LogP contribution in [0.5, 0.6) is 0 Å². The lowest BCUT2D eigenvalue weighted by Gasteiger charge is -2.11. The van der Waals surface area contributed by atoms with Gasteiger partial charge in [0.2, 0.25) is 10.0 Å². The van der Waals surface area contributed by atoms with Gasteiger partial charge in [-0.1, -0.05) is 25.1 Å². The number of hydrogen-bond acceptors (Lipinski definition) is 5. The number of hydrogen-bond donors (Lipinski definition) is 2. The summed E-state index contributed by atoms with van der Waals surface area (Å²) >= 11 is 1.43. The minimum absolute atomic E-state index is 0.268. The molecule has 0 unspecified atom stereocenters. The molecular weight excluding hydrogens is 306 g/mol. The third kappa shape index (κ3) is 4.60. The van der Waals surface area contributed by atoms with Crippen molar-refractivity contribution in [1.82, 2.24) is 15.0 Å². The molecule has 21 heavy (non-hydrogen) atoms. The molecule has 114 valence electrons. The van der Waals surface area contributed by atoms with Crippen LogP contribution in [0.2, 0.25) is 0 Å². The molecule has 1 aromatic carbocycles. The standard InChI is InChI=1S/C14H19N3O2S2/c1-2-7-15-8-12-5-3-4-6-14(12)21(18,19)17-10-13-9-16-11-20-13/h3-6,9,11,15,17H,2,7-8,10H2,1H3. The van der Waals surface area contributed by atoms with Crippen molar-refractivity contribution in [2.45, 2.75) is 31.3 Å². The van der Waals surface area contributed by atoms with E-state index in [-0.39, 0.29) is 6.54 Å². The molecular formula is C14H19N3O2S2.